The number of nitrogens with two attached hydrogens (primary N) is 1. The van der Waals surface area contributed by atoms with E-state index in [4.69, 9.17) is 11.0 Å². The van der Waals surface area contributed by atoms with Gasteiger partial charge in [0, 0.05) is 5.69 Å². The SMILES string of the molecule is N#Cc1ccc(NS(=O)(=O)c2cnc(N)nc2)cc1. The summed E-state index contributed by atoms with van der Waals surface area (Å²) in [4.78, 5) is 7.15. The quantitative estimate of drug-likeness (QED) is 0.851. The van der Waals surface area contributed by atoms with Crippen LogP contribution in [0, 0.1) is 11.3 Å². The van der Waals surface area contributed by atoms with Crippen molar-refractivity contribution >= 4 is 21.7 Å². The first-order valence-corrected chi connectivity index (χ1v) is 6.60. The van der Waals surface area contributed by atoms with Gasteiger partial charge in [-0.25, -0.2) is 18.4 Å². The van der Waals surface area contributed by atoms with Gasteiger partial charge in [0.05, 0.1) is 24.0 Å². The maximum absolute atomic E-state index is 12.0. The van der Waals surface area contributed by atoms with Crippen molar-refractivity contribution in [3.63, 3.8) is 0 Å². The topological polar surface area (TPSA) is 122 Å². The molecule has 8 heteroatoms. The first-order valence-electron chi connectivity index (χ1n) is 5.12. The number of anilines is 2. The third-order valence-electron chi connectivity index (χ3n) is 2.22. The molecule has 2 rings (SSSR count). The summed E-state index contributed by atoms with van der Waals surface area (Å²) in [5.74, 6) is -0.00248. The monoisotopic (exact) mass is 275 g/mol. The lowest BCUT2D eigenvalue weighted by molar-refractivity contribution is 0.600. The van der Waals surface area contributed by atoms with Gasteiger partial charge in [-0.15, -0.1) is 0 Å². The van der Waals surface area contributed by atoms with Crippen molar-refractivity contribution < 1.29 is 8.42 Å². The van der Waals surface area contributed by atoms with Crippen molar-refractivity contribution in [1.82, 2.24) is 9.97 Å². The molecule has 1 aromatic carbocycles. The van der Waals surface area contributed by atoms with Crippen LogP contribution in [0.2, 0.25) is 0 Å². The predicted octanol–water partition coefficient (Wildman–Crippen LogP) is 0.731. The Morgan fingerprint density at radius 3 is 2.26 bits per heavy atom. The fourth-order valence-electron chi connectivity index (χ4n) is 1.29. The molecule has 0 amide bonds. The highest BCUT2D eigenvalue weighted by molar-refractivity contribution is 7.92. The van der Waals surface area contributed by atoms with Crippen LogP contribution >= 0.6 is 0 Å². The van der Waals surface area contributed by atoms with E-state index in [1.165, 1.54) is 24.3 Å². The minimum Gasteiger partial charge on any atom is -0.368 e. The van der Waals surface area contributed by atoms with E-state index in [1.54, 1.807) is 0 Å². The van der Waals surface area contributed by atoms with Crippen LogP contribution in [0.15, 0.2) is 41.6 Å². The average Bonchev–Trinajstić information content (AvgIpc) is 2.40. The van der Waals surface area contributed by atoms with Gasteiger partial charge < -0.3 is 5.73 Å². The Hall–Kier alpha value is -2.66. The van der Waals surface area contributed by atoms with Crippen molar-refractivity contribution in [3.8, 4) is 6.07 Å². The van der Waals surface area contributed by atoms with Crippen molar-refractivity contribution in [2.24, 2.45) is 0 Å². The van der Waals surface area contributed by atoms with Crippen molar-refractivity contribution in [1.29, 1.82) is 5.26 Å². The lowest BCUT2D eigenvalue weighted by Crippen LogP contribution is -2.14. The number of sulfonamides is 1. The normalized spacial score (nSPS) is 10.7. The Kier molecular flexibility index (Phi) is 3.31. The molecule has 1 heterocycles. The Balaban J connectivity index is 2.26. The molecular weight excluding hydrogens is 266 g/mol. The molecule has 0 aliphatic rings. The Labute approximate surface area is 109 Å². The lowest BCUT2D eigenvalue weighted by Gasteiger charge is -2.07. The molecule has 2 aromatic rings. The van der Waals surface area contributed by atoms with Crippen LogP contribution in [0.3, 0.4) is 0 Å². The number of benzene rings is 1. The Bertz CT molecular complexity index is 717. The number of rotatable bonds is 3. The highest BCUT2D eigenvalue weighted by Crippen LogP contribution is 2.15. The van der Waals surface area contributed by atoms with Gasteiger partial charge in [-0.05, 0) is 24.3 Å². The zero-order valence-corrected chi connectivity index (χ0v) is 10.4. The lowest BCUT2D eigenvalue weighted by atomic mass is 10.2. The molecule has 0 aliphatic heterocycles. The van der Waals surface area contributed by atoms with Gasteiger partial charge >= 0.3 is 0 Å². The van der Waals surface area contributed by atoms with Gasteiger partial charge in [-0.1, -0.05) is 0 Å². The predicted molar refractivity (Wildman–Crippen MR) is 68.4 cm³/mol. The highest BCUT2D eigenvalue weighted by Gasteiger charge is 2.15. The van der Waals surface area contributed by atoms with Crippen LogP contribution in [0.5, 0.6) is 0 Å². The minimum atomic E-state index is -3.76. The largest absolute Gasteiger partial charge is 0.368 e. The maximum atomic E-state index is 12.0. The van der Waals surface area contributed by atoms with Crippen molar-refractivity contribution in [2.75, 3.05) is 10.5 Å². The number of hydrogen-bond donors (Lipinski definition) is 2. The van der Waals surface area contributed by atoms with E-state index >= 15 is 0 Å². The molecule has 0 bridgehead atoms. The molecular formula is C11H9N5O2S. The second-order valence-electron chi connectivity index (χ2n) is 3.57. The average molecular weight is 275 g/mol. The number of nitrogen functional groups attached to an aromatic ring is 1. The smallest absolute Gasteiger partial charge is 0.264 e. The third-order valence-corrected chi connectivity index (χ3v) is 3.56. The molecule has 0 aliphatic carbocycles. The first kappa shape index (κ1) is 12.8. The maximum Gasteiger partial charge on any atom is 0.264 e. The summed E-state index contributed by atoms with van der Waals surface area (Å²) in [7, 11) is -3.76. The molecule has 0 radical (unpaired) electrons. The van der Waals surface area contributed by atoms with Crippen molar-refractivity contribution in [3.05, 3.63) is 42.2 Å². The molecule has 0 spiro atoms. The van der Waals surface area contributed by atoms with Gasteiger partial charge in [-0.2, -0.15) is 5.26 Å². The molecule has 96 valence electrons. The van der Waals surface area contributed by atoms with Crippen molar-refractivity contribution in [2.45, 2.75) is 4.90 Å². The molecule has 1 aromatic heterocycles. The van der Waals surface area contributed by atoms with E-state index in [1.807, 2.05) is 6.07 Å². The second kappa shape index (κ2) is 4.91. The molecule has 7 nitrogen and oxygen atoms in total. The van der Waals surface area contributed by atoms with Gasteiger partial charge in [0.2, 0.25) is 5.95 Å². The van der Waals surface area contributed by atoms with E-state index < -0.39 is 10.0 Å². The minimum absolute atomic E-state index is 0.00248. The summed E-state index contributed by atoms with van der Waals surface area (Å²) in [6.45, 7) is 0. The number of hydrogen-bond acceptors (Lipinski definition) is 6. The van der Waals surface area contributed by atoms with E-state index in [0.29, 0.717) is 11.3 Å². The molecule has 0 unspecified atom stereocenters. The number of nitrogens with one attached hydrogen (secondary N) is 1. The molecule has 3 N–H and O–H groups in total. The van der Waals surface area contributed by atoms with E-state index in [9.17, 15) is 8.42 Å². The molecule has 0 atom stereocenters. The number of aromatic nitrogens is 2. The summed E-state index contributed by atoms with van der Waals surface area (Å²) < 4.78 is 26.3. The number of nitriles is 1. The van der Waals surface area contributed by atoms with Crippen LogP contribution in [0.25, 0.3) is 0 Å². The van der Waals surface area contributed by atoms with Gasteiger partial charge in [0.25, 0.3) is 10.0 Å². The number of nitrogens with zero attached hydrogens (tertiary/aromatic N) is 3. The standard InChI is InChI=1S/C11H9N5O2S/c12-5-8-1-3-9(4-2-8)16-19(17,18)10-6-14-11(13)15-7-10/h1-4,6-7,16H,(H2,13,14,15). The summed E-state index contributed by atoms with van der Waals surface area (Å²) in [6, 6.07) is 7.95. The summed E-state index contributed by atoms with van der Waals surface area (Å²) in [5, 5.41) is 8.65. The summed E-state index contributed by atoms with van der Waals surface area (Å²) in [6.07, 6.45) is 2.24. The van der Waals surface area contributed by atoms with Gasteiger partial charge in [0.1, 0.15) is 4.90 Å². The van der Waals surface area contributed by atoms with Crippen LogP contribution in [-0.4, -0.2) is 18.4 Å². The summed E-state index contributed by atoms with van der Waals surface area (Å²) in [5.41, 5.74) is 6.07. The van der Waals surface area contributed by atoms with Crippen LogP contribution in [0.4, 0.5) is 11.6 Å². The highest BCUT2D eigenvalue weighted by atomic mass is 32.2. The molecule has 0 saturated carbocycles. The van der Waals surface area contributed by atoms with Crippen LogP contribution < -0.4 is 10.5 Å². The third kappa shape index (κ3) is 2.97. The molecule has 0 saturated heterocycles. The Morgan fingerprint density at radius 1 is 1.16 bits per heavy atom. The van der Waals surface area contributed by atoms with E-state index in [2.05, 4.69) is 14.7 Å². The zero-order chi connectivity index (χ0) is 13.9. The van der Waals surface area contributed by atoms with Gasteiger partial charge in [-0.3, -0.25) is 4.72 Å². The molecule has 19 heavy (non-hydrogen) atoms. The fraction of sp³-hybridized carbons (Fsp3) is 0. The molecule has 0 fully saturated rings. The first-order chi connectivity index (χ1) is 9.01. The van der Waals surface area contributed by atoms with E-state index in [0.717, 1.165) is 12.4 Å². The fourth-order valence-corrected chi connectivity index (χ4v) is 2.24. The summed E-state index contributed by atoms with van der Waals surface area (Å²) >= 11 is 0. The zero-order valence-electron chi connectivity index (χ0n) is 9.61. The van der Waals surface area contributed by atoms with Gasteiger partial charge in [0.15, 0.2) is 0 Å². The van der Waals surface area contributed by atoms with Crippen LogP contribution in [-0.2, 0) is 10.0 Å². The van der Waals surface area contributed by atoms with Crippen LogP contribution in [0.1, 0.15) is 5.56 Å². The van der Waals surface area contributed by atoms with E-state index in [-0.39, 0.29) is 10.8 Å². The second-order valence-corrected chi connectivity index (χ2v) is 5.25. The Morgan fingerprint density at radius 2 is 1.74 bits per heavy atom.